The highest BCUT2D eigenvalue weighted by Gasteiger charge is 2.41. The van der Waals surface area contributed by atoms with E-state index >= 15 is 0 Å². The van der Waals surface area contributed by atoms with Crippen LogP contribution in [0.2, 0.25) is 0 Å². The van der Waals surface area contributed by atoms with E-state index in [0.29, 0.717) is 25.7 Å². The summed E-state index contributed by atoms with van der Waals surface area (Å²) in [5, 5.41) is 39.6. The molecule has 263 valence electrons. The maximum Gasteiger partial charge on any atom is 0.472 e. The summed E-state index contributed by atoms with van der Waals surface area (Å²) in [6.07, 6.45) is 2.45. The van der Waals surface area contributed by atoms with Crippen molar-refractivity contribution in [3.63, 3.8) is 0 Å². The van der Waals surface area contributed by atoms with Crippen LogP contribution in [0.3, 0.4) is 0 Å². The van der Waals surface area contributed by atoms with Gasteiger partial charge in [-0.3, -0.25) is 28.9 Å². The lowest BCUT2D eigenvalue weighted by molar-refractivity contribution is -0.151. The molecule has 2 aromatic carbocycles. The van der Waals surface area contributed by atoms with E-state index in [9.17, 15) is 38.8 Å². The van der Waals surface area contributed by atoms with Crippen molar-refractivity contribution in [1.82, 2.24) is 10.2 Å². The van der Waals surface area contributed by atoms with Crippen molar-refractivity contribution in [1.29, 1.82) is 0 Å². The zero-order valence-corrected chi connectivity index (χ0v) is 27.8. The minimum Gasteiger partial charge on any atom is -0.481 e. The lowest BCUT2D eigenvalue weighted by atomic mass is 9.65. The summed E-state index contributed by atoms with van der Waals surface area (Å²) in [5.41, 5.74) is 1.10. The van der Waals surface area contributed by atoms with Crippen LogP contribution >= 0.6 is 7.82 Å². The number of phosphoric ester groups is 1. The van der Waals surface area contributed by atoms with Crippen molar-refractivity contribution >= 4 is 31.7 Å². The Morgan fingerprint density at radius 3 is 1.94 bits per heavy atom. The number of benzene rings is 2. The molecule has 14 nitrogen and oxygen atoms in total. The quantitative estimate of drug-likeness (QED) is 0.0865. The highest BCUT2D eigenvalue weighted by molar-refractivity contribution is 7.47. The Hall–Kier alpha value is -3.65. The number of hydrogen-bond acceptors (Lipinski definition) is 9. The molecule has 1 fully saturated rings. The molecule has 0 heterocycles. The second-order valence-electron chi connectivity index (χ2n) is 12.9. The van der Waals surface area contributed by atoms with Gasteiger partial charge >= 0.3 is 31.7 Å². The van der Waals surface area contributed by atoms with Gasteiger partial charge in [-0.2, -0.15) is 0 Å². The van der Waals surface area contributed by atoms with E-state index in [4.69, 9.17) is 19.3 Å². The standard InChI is InChI=1S/C33H44N2O12P/c1-32(2,21-34-29(30(40)41)31(42)43)22-35(19-28(38)39)18-23(17-27(36)37)20-46-48(44,45)47-26-13-15-33(16-14-26,24-9-5-3-6-10-24)25-11-7-4-8-12-25/h3-12,17,23,26,29,34H,13-16,18-22H2,1-2H3,(H,36,37)(H,38,39)(H,40,41)(H,42,43)(H,44,45). The summed E-state index contributed by atoms with van der Waals surface area (Å²) < 4.78 is 23.9. The number of hydrogen-bond donors (Lipinski definition) is 6. The molecule has 2 atom stereocenters. The van der Waals surface area contributed by atoms with Gasteiger partial charge in [0.05, 0.1) is 25.7 Å². The molecule has 1 saturated carbocycles. The van der Waals surface area contributed by atoms with Crippen LogP contribution in [0.4, 0.5) is 0 Å². The monoisotopic (exact) mass is 691 g/mol. The van der Waals surface area contributed by atoms with E-state index in [-0.39, 0.29) is 25.0 Å². The molecule has 0 amide bonds. The SMILES string of the molecule is CC(C)(CNC(C(=O)O)C(=O)O)CN(CC(=O)O)CC([CH]C(=O)O)COP(=O)(O)OC1CCC(c2ccccc2)(c2ccccc2)CC1. The van der Waals surface area contributed by atoms with Gasteiger partial charge in [0.25, 0.3) is 0 Å². The van der Waals surface area contributed by atoms with E-state index in [2.05, 4.69) is 29.6 Å². The number of phosphoric acid groups is 1. The predicted octanol–water partition coefficient (Wildman–Crippen LogP) is 3.49. The van der Waals surface area contributed by atoms with Crippen molar-refractivity contribution < 1.29 is 58.1 Å². The zero-order chi connectivity index (χ0) is 35.5. The number of carboxylic acids is 4. The largest absolute Gasteiger partial charge is 0.481 e. The Bertz CT molecular complexity index is 1380. The lowest BCUT2D eigenvalue weighted by Gasteiger charge is -2.41. The molecule has 0 bridgehead atoms. The van der Waals surface area contributed by atoms with Crippen LogP contribution < -0.4 is 5.32 Å². The minimum atomic E-state index is -4.67. The number of carboxylic acid groups (broad SMARTS) is 4. The second kappa shape index (κ2) is 17.1. The smallest absolute Gasteiger partial charge is 0.472 e. The third kappa shape index (κ3) is 11.8. The highest BCUT2D eigenvalue weighted by Crippen LogP contribution is 2.51. The highest BCUT2D eigenvalue weighted by atomic mass is 31.2. The average Bonchev–Trinajstić information content (AvgIpc) is 3.00. The molecule has 15 heteroatoms. The van der Waals surface area contributed by atoms with Gasteiger partial charge < -0.3 is 25.3 Å². The third-order valence-electron chi connectivity index (χ3n) is 8.33. The van der Waals surface area contributed by atoms with Gasteiger partial charge in [-0.25, -0.2) is 14.2 Å². The molecule has 6 N–H and O–H groups in total. The molecule has 2 aromatic rings. The molecule has 0 spiro atoms. The Labute approximate surface area is 279 Å². The van der Waals surface area contributed by atoms with E-state index in [0.717, 1.165) is 17.5 Å². The van der Waals surface area contributed by atoms with E-state index in [1.54, 1.807) is 13.8 Å². The van der Waals surface area contributed by atoms with Crippen LogP contribution in [-0.2, 0) is 38.2 Å². The number of aliphatic carboxylic acids is 4. The molecule has 0 aliphatic heterocycles. The molecule has 0 aromatic heterocycles. The molecule has 0 saturated heterocycles. The number of nitrogens with zero attached hydrogens (tertiary/aromatic N) is 1. The average molecular weight is 692 g/mol. The van der Waals surface area contributed by atoms with Crippen molar-refractivity contribution in [3.8, 4) is 0 Å². The summed E-state index contributed by atoms with van der Waals surface area (Å²) in [5.74, 6) is -6.83. The van der Waals surface area contributed by atoms with Crippen LogP contribution in [0.1, 0.15) is 50.7 Å². The van der Waals surface area contributed by atoms with Gasteiger partial charge in [0.15, 0.2) is 0 Å². The van der Waals surface area contributed by atoms with Crippen LogP contribution in [-0.4, -0.2) is 99.0 Å². The normalized spacial score (nSPS) is 17.1. The molecule has 1 aliphatic carbocycles. The van der Waals surface area contributed by atoms with Gasteiger partial charge in [-0.05, 0) is 42.2 Å². The number of carbonyl (C=O) groups is 4. The van der Waals surface area contributed by atoms with Gasteiger partial charge in [0, 0.05) is 31.0 Å². The summed E-state index contributed by atoms with van der Waals surface area (Å²) in [7, 11) is -4.67. The van der Waals surface area contributed by atoms with Crippen LogP contribution in [0.25, 0.3) is 0 Å². The Balaban J connectivity index is 1.64. The summed E-state index contributed by atoms with van der Waals surface area (Å²) >= 11 is 0. The van der Waals surface area contributed by atoms with Crippen molar-refractivity contribution in [2.24, 2.45) is 11.3 Å². The second-order valence-corrected chi connectivity index (χ2v) is 14.3. The third-order valence-corrected chi connectivity index (χ3v) is 9.37. The fourth-order valence-corrected chi connectivity index (χ4v) is 7.27. The first-order valence-corrected chi connectivity index (χ1v) is 17.0. The lowest BCUT2D eigenvalue weighted by Crippen LogP contribution is -2.50. The topological polar surface area (TPSA) is 220 Å². The fourth-order valence-electron chi connectivity index (χ4n) is 6.24. The molecule has 48 heavy (non-hydrogen) atoms. The molecule has 3 rings (SSSR count). The fraction of sp³-hybridized carbons (Fsp3) is 0.485. The first-order valence-electron chi connectivity index (χ1n) is 15.5. The summed E-state index contributed by atoms with van der Waals surface area (Å²) in [6.45, 7) is 1.80. The van der Waals surface area contributed by atoms with Crippen LogP contribution in [0.15, 0.2) is 60.7 Å². The van der Waals surface area contributed by atoms with Gasteiger partial charge in [0.2, 0.25) is 6.04 Å². The van der Waals surface area contributed by atoms with Gasteiger partial charge in [-0.1, -0.05) is 74.5 Å². The first kappa shape index (κ1) is 38.8. The van der Waals surface area contributed by atoms with Crippen LogP contribution in [0, 0.1) is 17.8 Å². The van der Waals surface area contributed by atoms with Crippen molar-refractivity contribution in [2.75, 3.05) is 32.8 Å². The molecule has 1 radical (unpaired) electrons. The van der Waals surface area contributed by atoms with Gasteiger partial charge in [-0.15, -0.1) is 0 Å². The minimum absolute atomic E-state index is 0.0256. The van der Waals surface area contributed by atoms with Crippen LogP contribution in [0.5, 0.6) is 0 Å². The maximum absolute atomic E-state index is 13.1. The van der Waals surface area contributed by atoms with Gasteiger partial charge in [0.1, 0.15) is 0 Å². The predicted molar refractivity (Wildman–Crippen MR) is 173 cm³/mol. The molecular weight excluding hydrogens is 647 g/mol. The van der Waals surface area contributed by atoms with E-state index < -0.39 is 68.3 Å². The first-order chi connectivity index (χ1) is 22.5. The van der Waals surface area contributed by atoms with E-state index in [1.807, 2.05) is 36.4 Å². The Kier molecular flexibility index (Phi) is 13.9. The molecular formula is C33H44N2O12P. The maximum atomic E-state index is 13.1. The zero-order valence-electron chi connectivity index (χ0n) is 26.9. The Morgan fingerprint density at radius 1 is 0.958 bits per heavy atom. The summed E-state index contributed by atoms with van der Waals surface area (Å²) in [4.78, 5) is 57.7. The summed E-state index contributed by atoms with van der Waals surface area (Å²) in [6, 6.07) is 18.2. The molecule has 1 aliphatic rings. The molecule has 2 unspecified atom stereocenters. The van der Waals surface area contributed by atoms with E-state index in [1.165, 1.54) is 4.90 Å². The van der Waals surface area contributed by atoms with Crippen molar-refractivity contribution in [3.05, 3.63) is 78.2 Å². The number of rotatable bonds is 20. The Morgan fingerprint density at radius 2 is 1.48 bits per heavy atom. The van der Waals surface area contributed by atoms with Crippen molar-refractivity contribution in [2.45, 2.75) is 57.1 Å². The number of nitrogens with one attached hydrogen (secondary N) is 1.